The average Bonchev–Trinajstić information content (AvgIpc) is 2.88. The predicted octanol–water partition coefficient (Wildman–Crippen LogP) is 2.92. The van der Waals surface area contributed by atoms with Gasteiger partial charge in [-0.2, -0.15) is 0 Å². The van der Waals surface area contributed by atoms with Gasteiger partial charge in [-0.15, -0.1) is 0 Å². The number of hydrogen-bond donors (Lipinski definition) is 0. The van der Waals surface area contributed by atoms with Crippen LogP contribution in [0.1, 0.15) is 19.3 Å². The number of hydrogen-bond acceptors (Lipinski definition) is 3. The summed E-state index contributed by atoms with van der Waals surface area (Å²) >= 11 is 5.31. The zero-order valence-corrected chi connectivity index (χ0v) is 12.6. The van der Waals surface area contributed by atoms with E-state index in [0.717, 1.165) is 30.1 Å². The molecule has 104 valence electrons. The molecule has 1 aliphatic heterocycles. The van der Waals surface area contributed by atoms with E-state index in [1.165, 1.54) is 12.8 Å². The van der Waals surface area contributed by atoms with E-state index in [4.69, 9.17) is 12.2 Å². The Balaban J connectivity index is 1.65. The highest BCUT2D eigenvalue weighted by molar-refractivity contribution is 7.71. The molecular formula is C14H22N4S. The molecule has 1 aromatic heterocycles. The fourth-order valence-corrected chi connectivity index (χ4v) is 2.39. The summed E-state index contributed by atoms with van der Waals surface area (Å²) in [5.74, 6) is 1.06. The molecule has 0 aliphatic carbocycles. The van der Waals surface area contributed by atoms with E-state index < -0.39 is 0 Å². The maximum absolute atomic E-state index is 5.31. The van der Waals surface area contributed by atoms with E-state index in [1.54, 1.807) is 0 Å². The van der Waals surface area contributed by atoms with Crippen LogP contribution >= 0.6 is 12.2 Å². The Bertz CT molecular complexity index is 526. The van der Waals surface area contributed by atoms with Crippen LogP contribution in [-0.2, 0) is 13.6 Å². The molecule has 19 heavy (non-hydrogen) atoms. The van der Waals surface area contributed by atoms with Crippen LogP contribution in [-0.4, -0.2) is 32.5 Å². The third-order valence-corrected chi connectivity index (χ3v) is 4.05. The van der Waals surface area contributed by atoms with Crippen molar-refractivity contribution in [3.8, 4) is 0 Å². The van der Waals surface area contributed by atoms with E-state index in [1.807, 2.05) is 36.0 Å². The van der Waals surface area contributed by atoms with Gasteiger partial charge in [-0.25, -0.2) is 0 Å². The maximum Gasteiger partial charge on any atom is 0.179 e. The van der Waals surface area contributed by atoms with Gasteiger partial charge in [0.05, 0.1) is 0 Å². The highest BCUT2D eigenvalue weighted by Crippen LogP contribution is 2.16. The molecule has 0 saturated heterocycles. The molecule has 4 nitrogen and oxygen atoms in total. The summed E-state index contributed by atoms with van der Waals surface area (Å²) in [4.78, 5) is 4.25. The van der Waals surface area contributed by atoms with Crippen LogP contribution < -0.4 is 0 Å². The highest BCUT2D eigenvalue weighted by Gasteiger charge is 2.12. The van der Waals surface area contributed by atoms with Crippen molar-refractivity contribution in [3.63, 3.8) is 0 Å². The molecule has 0 N–H and O–H groups in total. The Labute approximate surface area is 120 Å². The van der Waals surface area contributed by atoms with Crippen molar-refractivity contribution >= 4 is 12.2 Å². The molecule has 0 saturated carbocycles. The highest BCUT2D eigenvalue weighted by atomic mass is 32.1. The molecule has 0 bridgehead atoms. The molecule has 5 heteroatoms. The van der Waals surface area contributed by atoms with E-state index in [-0.39, 0.29) is 0 Å². The van der Waals surface area contributed by atoms with Gasteiger partial charge in [0.25, 0.3) is 0 Å². The van der Waals surface area contributed by atoms with Crippen LogP contribution in [0.2, 0.25) is 0 Å². The number of nitrogens with zero attached hydrogens (tertiary/aromatic N) is 4. The van der Waals surface area contributed by atoms with Gasteiger partial charge >= 0.3 is 0 Å². The van der Waals surface area contributed by atoms with Gasteiger partial charge in [-0.3, -0.25) is 0 Å². The Hall–Kier alpha value is -1.49. The zero-order valence-electron chi connectivity index (χ0n) is 11.7. The zero-order chi connectivity index (χ0) is 13.8. The molecular weight excluding hydrogens is 256 g/mol. The smallest absolute Gasteiger partial charge is 0.179 e. The van der Waals surface area contributed by atoms with Gasteiger partial charge < -0.3 is 18.9 Å². The first kappa shape index (κ1) is 13.9. The monoisotopic (exact) mass is 278 g/mol. The standard InChI is InChI=1S/C14H22N4S/c1-13-15(2)9-11-17(13)7-5-4-6-8-18-12-10-16(3)14(18)19/h9-12H,1,4-8H2,2-3H3. The summed E-state index contributed by atoms with van der Waals surface area (Å²) in [5, 5.41) is 0. The molecule has 2 rings (SSSR count). The predicted molar refractivity (Wildman–Crippen MR) is 80.8 cm³/mol. The summed E-state index contributed by atoms with van der Waals surface area (Å²) in [7, 11) is 4.01. The minimum Gasteiger partial charge on any atom is -0.337 e. The summed E-state index contributed by atoms with van der Waals surface area (Å²) in [6.07, 6.45) is 11.8. The van der Waals surface area contributed by atoms with Gasteiger partial charge in [0.2, 0.25) is 0 Å². The summed E-state index contributed by atoms with van der Waals surface area (Å²) < 4.78 is 5.01. The number of imidazole rings is 1. The average molecular weight is 278 g/mol. The summed E-state index contributed by atoms with van der Waals surface area (Å²) in [6, 6.07) is 0. The van der Waals surface area contributed by atoms with Gasteiger partial charge in [0.15, 0.2) is 4.77 Å². The van der Waals surface area contributed by atoms with E-state index in [2.05, 4.69) is 28.4 Å². The molecule has 2 heterocycles. The Kier molecular flexibility index (Phi) is 4.47. The second kappa shape index (κ2) is 6.10. The van der Waals surface area contributed by atoms with E-state index in [0.29, 0.717) is 0 Å². The molecule has 0 unspecified atom stereocenters. The van der Waals surface area contributed by atoms with Gasteiger partial charge in [0.1, 0.15) is 5.82 Å². The summed E-state index contributed by atoms with van der Waals surface area (Å²) in [5.41, 5.74) is 0. The lowest BCUT2D eigenvalue weighted by molar-refractivity contribution is 0.381. The molecule has 1 aromatic rings. The van der Waals surface area contributed by atoms with Crippen molar-refractivity contribution in [2.45, 2.75) is 25.8 Å². The molecule has 1 aliphatic rings. The first-order valence-electron chi connectivity index (χ1n) is 6.68. The Morgan fingerprint density at radius 3 is 2.37 bits per heavy atom. The third-order valence-electron chi connectivity index (χ3n) is 3.52. The normalized spacial score (nSPS) is 14.7. The first-order valence-corrected chi connectivity index (χ1v) is 7.09. The lowest BCUT2D eigenvalue weighted by Gasteiger charge is -2.20. The fourth-order valence-electron chi connectivity index (χ4n) is 2.18. The molecule has 0 radical (unpaired) electrons. The van der Waals surface area contributed by atoms with Crippen molar-refractivity contribution in [2.24, 2.45) is 7.05 Å². The quantitative estimate of drug-likeness (QED) is 0.588. The summed E-state index contributed by atoms with van der Waals surface area (Å²) in [6.45, 7) is 6.10. The second-order valence-corrected chi connectivity index (χ2v) is 5.33. The molecule has 0 spiro atoms. The third kappa shape index (κ3) is 3.29. The SMILES string of the molecule is C=C1N(C)C=CN1CCCCCn1ccn(C)c1=S. The van der Waals surface area contributed by atoms with Crippen LogP contribution in [0.4, 0.5) is 0 Å². The first-order chi connectivity index (χ1) is 9.09. The van der Waals surface area contributed by atoms with Crippen LogP contribution in [0, 0.1) is 4.77 Å². The van der Waals surface area contributed by atoms with Crippen LogP contribution in [0.25, 0.3) is 0 Å². The minimum atomic E-state index is 0.900. The van der Waals surface area contributed by atoms with Crippen LogP contribution in [0.5, 0.6) is 0 Å². The Morgan fingerprint density at radius 2 is 1.79 bits per heavy atom. The molecule has 0 amide bonds. The van der Waals surface area contributed by atoms with Crippen molar-refractivity contribution in [2.75, 3.05) is 13.6 Å². The number of aromatic nitrogens is 2. The number of unbranched alkanes of at least 4 members (excludes halogenated alkanes) is 2. The molecule has 0 aromatic carbocycles. The molecule has 0 atom stereocenters. The van der Waals surface area contributed by atoms with Crippen molar-refractivity contribution in [3.05, 3.63) is 42.0 Å². The van der Waals surface area contributed by atoms with Crippen LogP contribution in [0.15, 0.2) is 37.2 Å². The number of aryl methyl sites for hydroxylation is 2. The Morgan fingerprint density at radius 1 is 1.05 bits per heavy atom. The lowest BCUT2D eigenvalue weighted by atomic mass is 10.2. The molecule has 0 fully saturated rings. The van der Waals surface area contributed by atoms with E-state index in [9.17, 15) is 0 Å². The topological polar surface area (TPSA) is 16.3 Å². The fraction of sp³-hybridized carbons (Fsp3) is 0.500. The van der Waals surface area contributed by atoms with Gasteiger partial charge in [-0.05, 0) is 31.5 Å². The van der Waals surface area contributed by atoms with Gasteiger partial charge in [-0.1, -0.05) is 6.58 Å². The van der Waals surface area contributed by atoms with Crippen LogP contribution in [0.3, 0.4) is 0 Å². The largest absolute Gasteiger partial charge is 0.337 e. The second-order valence-electron chi connectivity index (χ2n) is 4.96. The lowest BCUT2D eigenvalue weighted by Crippen LogP contribution is -2.20. The van der Waals surface area contributed by atoms with Crippen molar-refractivity contribution in [1.29, 1.82) is 0 Å². The minimum absolute atomic E-state index is 0.900. The van der Waals surface area contributed by atoms with Crippen molar-refractivity contribution in [1.82, 2.24) is 18.9 Å². The van der Waals surface area contributed by atoms with E-state index >= 15 is 0 Å². The number of rotatable bonds is 6. The maximum atomic E-state index is 5.31. The van der Waals surface area contributed by atoms with Gasteiger partial charge in [0, 0.05) is 52.0 Å². The van der Waals surface area contributed by atoms with Crippen molar-refractivity contribution < 1.29 is 0 Å².